The van der Waals surface area contributed by atoms with Crippen molar-refractivity contribution in [2.75, 3.05) is 6.54 Å². The molecule has 12 heavy (non-hydrogen) atoms. The van der Waals surface area contributed by atoms with Gasteiger partial charge in [0.1, 0.15) is 0 Å². The van der Waals surface area contributed by atoms with Crippen molar-refractivity contribution in [3.05, 3.63) is 35.4 Å². The van der Waals surface area contributed by atoms with Crippen LogP contribution in [-0.2, 0) is 0 Å². The fourth-order valence-corrected chi connectivity index (χ4v) is 1.73. The fourth-order valence-electron chi connectivity index (χ4n) is 1.73. The van der Waals surface area contributed by atoms with Gasteiger partial charge in [-0.3, -0.25) is 0 Å². The van der Waals surface area contributed by atoms with E-state index in [4.69, 9.17) is 5.73 Å². The number of hydrogen-bond acceptors (Lipinski definition) is 1. The first kappa shape index (κ1) is 7.81. The Labute approximate surface area is 73.6 Å². The highest BCUT2D eigenvalue weighted by Crippen LogP contribution is 2.46. The zero-order valence-electron chi connectivity index (χ0n) is 7.46. The number of hydrogen-bond donors (Lipinski definition) is 1. The van der Waals surface area contributed by atoms with Crippen LogP contribution in [0.2, 0.25) is 0 Å². The van der Waals surface area contributed by atoms with Gasteiger partial charge in [0.15, 0.2) is 0 Å². The van der Waals surface area contributed by atoms with Gasteiger partial charge in [0.2, 0.25) is 0 Å². The van der Waals surface area contributed by atoms with Gasteiger partial charge in [-0.25, -0.2) is 0 Å². The monoisotopic (exact) mass is 161 g/mol. The number of rotatable bonds is 2. The van der Waals surface area contributed by atoms with Crippen LogP contribution >= 0.6 is 0 Å². The molecule has 64 valence electrons. The second kappa shape index (κ2) is 2.91. The Morgan fingerprint density at radius 2 is 2.00 bits per heavy atom. The molecule has 0 aromatic heterocycles. The Morgan fingerprint density at radius 1 is 1.33 bits per heavy atom. The summed E-state index contributed by atoms with van der Waals surface area (Å²) in [7, 11) is 0. The van der Waals surface area contributed by atoms with E-state index >= 15 is 0 Å². The highest BCUT2D eigenvalue weighted by molar-refractivity contribution is 5.28. The predicted octanol–water partition coefficient (Wildman–Crippen LogP) is 2.06. The molecule has 2 rings (SSSR count). The molecule has 1 aromatic carbocycles. The molecule has 0 bridgehead atoms. The zero-order chi connectivity index (χ0) is 8.55. The average molecular weight is 161 g/mol. The third-order valence-corrected chi connectivity index (χ3v) is 2.73. The minimum Gasteiger partial charge on any atom is -0.330 e. The van der Waals surface area contributed by atoms with Crippen LogP contribution < -0.4 is 5.73 Å². The summed E-state index contributed by atoms with van der Waals surface area (Å²) >= 11 is 0. The van der Waals surface area contributed by atoms with Crippen molar-refractivity contribution in [3.8, 4) is 0 Å². The number of nitrogens with two attached hydrogens (primary N) is 1. The minimum absolute atomic E-state index is 0.757. The summed E-state index contributed by atoms with van der Waals surface area (Å²) in [6.45, 7) is 2.97. The second-order valence-electron chi connectivity index (χ2n) is 3.75. The lowest BCUT2D eigenvalue weighted by molar-refractivity contribution is 0.809. The first-order valence-corrected chi connectivity index (χ1v) is 4.58. The van der Waals surface area contributed by atoms with Crippen molar-refractivity contribution in [1.82, 2.24) is 0 Å². The zero-order valence-corrected chi connectivity index (χ0v) is 7.46. The first-order chi connectivity index (χ1) is 5.81. The van der Waals surface area contributed by atoms with Gasteiger partial charge in [-0.1, -0.05) is 29.8 Å². The normalized spacial score (nSPS) is 27.2. The van der Waals surface area contributed by atoms with Gasteiger partial charge in [0.25, 0.3) is 0 Å². The molecule has 0 spiro atoms. The number of benzene rings is 1. The van der Waals surface area contributed by atoms with E-state index in [1.54, 1.807) is 0 Å². The van der Waals surface area contributed by atoms with E-state index < -0.39 is 0 Å². The molecule has 1 nitrogen and oxygen atoms in total. The van der Waals surface area contributed by atoms with Crippen molar-refractivity contribution in [2.45, 2.75) is 19.3 Å². The van der Waals surface area contributed by atoms with Crippen molar-refractivity contribution in [1.29, 1.82) is 0 Å². The van der Waals surface area contributed by atoms with E-state index in [0.29, 0.717) is 0 Å². The van der Waals surface area contributed by atoms with Gasteiger partial charge >= 0.3 is 0 Å². The van der Waals surface area contributed by atoms with E-state index in [2.05, 4.69) is 31.2 Å². The summed E-state index contributed by atoms with van der Waals surface area (Å²) in [5.74, 6) is 1.52. The molecule has 1 aromatic rings. The van der Waals surface area contributed by atoms with Gasteiger partial charge in [-0.05, 0) is 37.3 Å². The maximum Gasteiger partial charge on any atom is -0.00428 e. The Kier molecular flexibility index (Phi) is 1.89. The van der Waals surface area contributed by atoms with Gasteiger partial charge in [-0.2, -0.15) is 0 Å². The van der Waals surface area contributed by atoms with Crippen LogP contribution in [0.5, 0.6) is 0 Å². The molecule has 1 aliphatic carbocycles. The lowest BCUT2D eigenvalue weighted by atomic mass is 10.1. The molecule has 0 unspecified atom stereocenters. The fraction of sp³-hybridized carbons (Fsp3) is 0.455. The Morgan fingerprint density at radius 3 is 2.50 bits per heavy atom. The van der Waals surface area contributed by atoms with Crippen molar-refractivity contribution >= 4 is 0 Å². The first-order valence-electron chi connectivity index (χ1n) is 4.58. The smallest absolute Gasteiger partial charge is 0.00428 e. The molecule has 2 atom stereocenters. The van der Waals surface area contributed by atoms with Crippen molar-refractivity contribution in [2.24, 2.45) is 11.7 Å². The molecule has 1 aliphatic rings. The molecule has 0 heterocycles. The Hall–Kier alpha value is -0.820. The SMILES string of the molecule is Cc1ccc([C@H]2C[C@H]2CN)cc1. The molecule has 0 aliphatic heterocycles. The van der Waals surface area contributed by atoms with Crippen LogP contribution in [0.3, 0.4) is 0 Å². The van der Waals surface area contributed by atoms with Crippen LogP contribution in [0.4, 0.5) is 0 Å². The standard InChI is InChI=1S/C11H15N/c1-8-2-4-9(5-3-8)11-6-10(11)7-12/h2-5,10-11H,6-7,12H2,1H3/t10-,11+/m0/s1. The van der Waals surface area contributed by atoms with Crippen LogP contribution in [0.1, 0.15) is 23.5 Å². The lowest BCUT2D eigenvalue weighted by Crippen LogP contribution is -2.01. The maximum absolute atomic E-state index is 5.59. The molecule has 2 N–H and O–H groups in total. The van der Waals surface area contributed by atoms with Crippen LogP contribution in [0.25, 0.3) is 0 Å². The van der Waals surface area contributed by atoms with Crippen LogP contribution in [-0.4, -0.2) is 6.54 Å². The van der Waals surface area contributed by atoms with E-state index in [1.165, 1.54) is 17.5 Å². The van der Waals surface area contributed by atoms with Crippen LogP contribution in [0, 0.1) is 12.8 Å². The molecule has 0 amide bonds. The lowest BCUT2D eigenvalue weighted by Gasteiger charge is -1.99. The van der Waals surface area contributed by atoms with Gasteiger partial charge in [-0.15, -0.1) is 0 Å². The molecule has 1 heteroatoms. The quantitative estimate of drug-likeness (QED) is 0.706. The summed E-state index contributed by atoms with van der Waals surface area (Å²) in [6, 6.07) is 8.83. The Bertz CT molecular complexity index is 263. The average Bonchev–Trinajstić information content (AvgIpc) is 2.85. The highest BCUT2D eigenvalue weighted by atomic mass is 14.6. The summed E-state index contributed by atoms with van der Waals surface area (Å²) in [6.07, 6.45) is 1.29. The number of aryl methyl sites for hydroxylation is 1. The van der Waals surface area contributed by atoms with E-state index in [0.717, 1.165) is 18.4 Å². The van der Waals surface area contributed by atoms with E-state index in [-0.39, 0.29) is 0 Å². The minimum atomic E-state index is 0.757. The van der Waals surface area contributed by atoms with Gasteiger partial charge in [0, 0.05) is 0 Å². The van der Waals surface area contributed by atoms with Crippen LogP contribution in [0.15, 0.2) is 24.3 Å². The molecular weight excluding hydrogens is 146 g/mol. The molecule has 0 saturated heterocycles. The summed E-state index contributed by atoms with van der Waals surface area (Å²) in [5.41, 5.74) is 8.40. The maximum atomic E-state index is 5.59. The van der Waals surface area contributed by atoms with Crippen molar-refractivity contribution < 1.29 is 0 Å². The molecule has 0 radical (unpaired) electrons. The Balaban J connectivity index is 2.10. The second-order valence-corrected chi connectivity index (χ2v) is 3.75. The van der Waals surface area contributed by atoms with E-state index in [1.807, 2.05) is 0 Å². The summed E-state index contributed by atoms with van der Waals surface area (Å²) < 4.78 is 0. The summed E-state index contributed by atoms with van der Waals surface area (Å²) in [4.78, 5) is 0. The largest absolute Gasteiger partial charge is 0.330 e. The third kappa shape index (κ3) is 1.37. The van der Waals surface area contributed by atoms with E-state index in [9.17, 15) is 0 Å². The molecule has 1 saturated carbocycles. The highest BCUT2D eigenvalue weighted by Gasteiger charge is 2.36. The van der Waals surface area contributed by atoms with Gasteiger partial charge < -0.3 is 5.73 Å². The topological polar surface area (TPSA) is 26.0 Å². The van der Waals surface area contributed by atoms with Gasteiger partial charge in [0.05, 0.1) is 0 Å². The van der Waals surface area contributed by atoms with Crippen molar-refractivity contribution in [3.63, 3.8) is 0 Å². The summed E-state index contributed by atoms with van der Waals surface area (Å²) in [5, 5.41) is 0. The third-order valence-electron chi connectivity index (χ3n) is 2.73. The molecule has 1 fully saturated rings. The predicted molar refractivity (Wildman–Crippen MR) is 51.1 cm³/mol. The molecular formula is C11H15N.